The molecule has 6 nitrogen and oxygen atoms in total. The number of nitrogens with two attached hydrogens (primary N) is 1. The van der Waals surface area contributed by atoms with Gasteiger partial charge in [0.1, 0.15) is 5.69 Å². The summed E-state index contributed by atoms with van der Waals surface area (Å²) in [4.78, 5) is 14.1. The lowest BCUT2D eigenvalue weighted by atomic mass is 9.86. The van der Waals surface area contributed by atoms with E-state index >= 15 is 0 Å². The maximum Gasteiger partial charge on any atom is 0.220 e. The number of benzene rings is 1. The molecule has 35 heavy (non-hydrogen) atoms. The lowest BCUT2D eigenvalue weighted by molar-refractivity contribution is 0.520. The lowest BCUT2D eigenvalue weighted by Crippen LogP contribution is -2.10. The molecule has 3 aromatic heterocycles. The molecular formula is C29H36N6. The van der Waals surface area contributed by atoms with Crippen LogP contribution in [-0.2, 0) is 6.54 Å². The number of pyridine rings is 1. The summed E-state index contributed by atoms with van der Waals surface area (Å²) in [7, 11) is 0. The predicted molar refractivity (Wildman–Crippen MR) is 144 cm³/mol. The summed E-state index contributed by atoms with van der Waals surface area (Å²) in [5.74, 6) is 0.640. The monoisotopic (exact) mass is 468 g/mol. The molecular weight excluding hydrogens is 432 g/mol. The molecule has 0 aliphatic heterocycles. The highest BCUT2D eigenvalue weighted by atomic mass is 15.3. The number of nitrogens with zero attached hydrogens (tertiary/aromatic N) is 5. The highest BCUT2D eigenvalue weighted by Gasteiger charge is 2.26. The Labute approximate surface area is 208 Å². The topological polar surface area (TPSA) is 82.5 Å². The Morgan fingerprint density at radius 3 is 2.34 bits per heavy atom. The predicted octanol–water partition coefficient (Wildman–Crippen LogP) is 7.14. The molecule has 0 aliphatic rings. The molecule has 2 N–H and O–H groups in total. The number of anilines is 1. The van der Waals surface area contributed by atoms with Crippen molar-refractivity contribution in [2.75, 3.05) is 5.73 Å². The van der Waals surface area contributed by atoms with Crippen molar-refractivity contribution in [2.45, 2.75) is 71.8 Å². The van der Waals surface area contributed by atoms with Crippen LogP contribution in [0.2, 0.25) is 0 Å². The highest BCUT2D eigenvalue weighted by Crippen LogP contribution is 2.42. The SMILES string of the molecule is CCCCCC(CCC)c1nc(N)nc(-c2cn(CC)nc2-c2cccnc2)c1-c1ccccc1. The molecule has 4 aromatic rings. The van der Waals surface area contributed by atoms with E-state index in [4.69, 9.17) is 20.8 Å². The van der Waals surface area contributed by atoms with E-state index in [9.17, 15) is 0 Å². The molecule has 0 saturated carbocycles. The second kappa shape index (κ2) is 11.7. The average molecular weight is 469 g/mol. The van der Waals surface area contributed by atoms with Gasteiger partial charge in [0.2, 0.25) is 5.95 Å². The molecule has 0 bridgehead atoms. The van der Waals surface area contributed by atoms with Crippen molar-refractivity contribution in [3.63, 3.8) is 0 Å². The molecule has 0 radical (unpaired) electrons. The van der Waals surface area contributed by atoms with E-state index in [1.807, 2.05) is 29.1 Å². The number of hydrogen-bond donors (Lipinski definition) is 1. The van der Waals surface area contributed by atoms with Gasteiger partial charge >= 0.3 is 0 Å². The third kappa shape index (κ3) is 5.59. The van der Waals surface area contributed by atoms with Gasteiger partial charge in [-0.3, -0.25) is 9.67 Å². The van der Waals surface area contributed by atoms with E-state index < -0.39 is 0 Å². The Kier molecular flexibility index (Phi) is 8.24. The van der Waals surface area contributed by atoms with Crippen LogP contribution >= 0.6 is 0 Å². The van der Waals surface area contributed by atoms with Crippen LogP contribution in [0.15, 0.2) is 61.1 Å². The van der Waals surface area contributed by atoms with Gasteiger partial charge in [-0.2, -0.15) is 5.10 Å². The zero-order valence-corrected chi connectivity index (χ0v) is 21.1. The quantitative estimate of drug-likeness (QED) is 0.237. The number of nitrogen functional groups attached to an aromatic ring is 1. The van der Waals surface area contributed by atoms with Gasteiger partial charge in [-0.05, 0) is 37.5 Å². The van der Waals surface area contributed by atoms with Crippen LogP contribution in [0.4, 0.5) is 5.95 Å². The molecule has 0 fully saturated rings. The van der Waals surface area contributed by atoms with Crippen molar-refractivity contribution < 1.29 is 0 Å². The van der Waals surface area contributed by atoms with Crippen LogP contribution in [0.25, 0.3) is 33.6 Å². The number of rotatable bonds is 11. The molecule has 0 amide bonds. The molecule has 6 heteroatoms. The Morgan fingerprint density at radius 1 is 0.857 bits per heavy atom. The molecule has 182 valence electrons. The van der Waals surface area contributed by atoms with Crippen molar-refractivity contribution in [3.05, 3.63) is 66.7 Å². The van der Waals surface area contributed by atoms with Crippen LogP contribution in [0, 0.1) is 0 Å². The zero-order valence-electron chi connectivity index (χ0n) is 21.1. The van der Waals surface area contributed by atoms with Gasteiger partial charge in [0.15, 0.2) is 0 Å². The Hall–Kier alpha value is -3.54. The van der Waals surface area contributed by atoms with Gasteiger partial charge in [0.25, 0.3) is 0 Å². The second-order valence-corrected chi connectivity index (χ2v) is 9.03. The van der Waals surface area contributed by atoms with Crippen molar-refractivity contribution >= 4 is 5.95 Å². The number of unbranched alkanes of at least 4 members (excludes halogenated alkanes) is 2. The minimum absolute atomic E-state index is 0.313. The van der Waals surface area contributed by atoms with Crippen LogP contribution in [0.3, 0.4) is 0 Å². The molecule has 1 atom stereocenters. The van der Waals surface area contributed by atoms with Gasteiger partial charge in [-0.25, -0.2) is 9.97 Å². The smallest absolute Gasteiger partial charge is 0.220 e. The summed E-state index contributed by atoms with van der Waals surface area (Å²) in [6, 6.07) is 14.5. The third-order valence-electron chi connectivity index (χ3n) is 6.47. The summed E-state index contributed by atoms with van der Waals surface area (Å²) >= 11 is 0. The van der Waals surface area contributed by atoms with E-state index in [2.05, 4.69) is 56.2 Å². The van der Waals surface area contributed by atoms with Crippen LogP contribution < -0.4 is 5.73 Å². The number of aryl methyl sites for hydroxylation is 1. The number of hydrogen-bond acceptors (Lipinski definition) is 5. The van der Waals surface area contributed by atoms with Gasteiger partial charge in [-0.1, -0.05) is 69.9 Å². The lowest BCUT2D eigenvalue weighted by Gasteiger charge is -2.22. The highest BCUT2D eigenvalue weighted by molar-refractivity contribution is 5.89. The molecule has 1 unspecified atom stereocenters. The Bertz CT molecular complexity index is 1220. The van der Waals surface area contributed by atoms with Crippen molar-refractivity contribution in [2.24, 2.45) is 0 Å². The van der Waals surface area contributed by atoms with Gasteiger partial charge in [0.05, 0.1) is 11.4 Å². The summed E-state index contributed by atoms with van der Waals surface area (Å²) in [6.45, 7) is 7.34. The van der Waals surface area contributed by atoms with Gasteiger partial charge in [-0.15, -0.1) is 0 Å². The van der Waals surface area contributed by atoms with Gasteiger partial charge < -0.3 is 5.73 Å². The minimum atomic E-state index is 0.313. The van der Waals surface area contributed by atoms with Gasteiger partial charge in [0, 0.05) is 47.7 Å². The molecule has 0 saturated heterocycles. The fourth-order valence-electron chi connectivity index (χ4n) is 4.76. The summed E-state index contributed by atoms with van der Waals surface area (Å²) in [5, 5.41) is 4.89. The first-order valence-corrected chi connectivity index (χ1v) is 12.9. The summed E-state index contributed by atoms with van der Waals surface area (Å²) < 4.78 is 1.95. The summed E-state index contributed by atoms with van der Waals surface area (Å²) in [6.07, 6.45) is 12.6. The van der Waals surface area contributed by atoms with Crippen molar-refractivity contribution in [1.82, 2.24) is 24.7 Å². The fourth-order valence-corrected chi connectivity index (χ4v) is 4.76. The van der Waals surface area contributed by atoms with E-state index in [-0.39, 0.29) is 0 Å². The first kappa shape index (κ1) is 24.6. The van der Waals surface area contributed by atoms with Crippen molar-refractivity contribution in [3.8, 4) is 33.6 Å². The zero-order chi connectivity index (χ0) is 24.6. The minimum Gasteiger partial charge on any atom is -0.368 e. The largest absolute Gasteiger partial charge is 0.368 e. The van der Waals surface area contributed by atoms with Crippen LogP contribution in [0.5, 0.6) is 0 Å². The average Bonchev–Trinajstić information content (AvgIpc) is 3.33. The van der Waals surface area contributed by atoms with E-state index in [1.165, 1.54) is 19.3 Å². The first-order valence-electron chi connectivity index (χ1n) is 12.9. The molecule has 1 aromatic carbocycles. The Morgan fingerprint density at radius 2 is 1.66 bits per heavy atom. The maximum atomic E-state index is 6.40. The van der Waals surface area contributed by atoms with E-state index in [0.29, 0.717) is 11.9 Å². The van der Waals surface area contributed by atoms with E-state index in [0.717, 1.165) is 65.1 Å². The molecule has 4 rings (SSSR count). The van der Waals surface area contributed by atoms with E-state index in [1.54, 1.807) is 6.20 Å². The third-order valence-corrected chi connectivity index (χ3v) is 6.47. The second-order valence-electron chi connectivity index (χ2n) is 9.03. The molecule has 0 spiro atoms. The standard InChI is InChI=1S/C29H36N6/c1-4-7-9-16-22(13-5-2)27-25(21-14-10-8-11-15-21)28(33-29(30)32-27)24-20-35(6-3)34-26(24)23-17-12-18-31-19-23/h8,10-12,14-15,17-20,22H,4-7,9,13,16H2,1-3H3,(H2,30,32,33). The number of aromatic nitrogens is 5. The normalized spacial score (nSPS) is 12.1. The first-order chi connectivity index (χ1) is 17.2. The molecule has 0 aliphatic carbocycles. The summed E-state index contributed by atoms with van der Waals surface area (Å²) in [5.41, 5.74) is 13.2. The van der Waals surface area contributed by atoms with Crippen LogP contribution in [-0.4, -0.2) is 24.7 Å². The van der Waals surface area contributed by atoms with Crippen molar-refractivity contribution in [1.29, 1.82) is 0 Å². The fraction of sp³-hybridized carbons (Fsp3) is 0.379. The van der Waals surface area contributed by atoms with Crippen LogP contribution in [0.1, 0.15) is 70.9 Å². The molecule has 3 heterocycles. The maximum absolute atomic E-state index is 6.40. The Balaban J connectivity index is 1.98.